The van der Waals surface area contributed by atoms with E-state index in [1.54, 1.807) is 13.3 Å². The predicted octanol–water partition coefficient (Wildman–Crippen LogP) is 1.68. The van der Waals surface area contributed by atoms with Gasteiger partial charge in [0, 0.05) is 39.1 Å². The third kappa shape index (κ3) is 2.92. The summed E-state index contributed by atoms with van der Waals surface area (Å²) in [5, 5.41) is 14.4. The van der Waals surface area contributed by atoms with Crippen LogP contribution >= 0.6 is 0 Å². The fourth-order valence-corrected chi connectivity index (χ4v) is 3.21. The van der Waals surface area contributed by atoms with Crippen LogP contribution in [-0.4, -0.2) is 52.2 Å². The average Bonchev–Trinajstić information content (AvgIpc) is 3.11. The molecule has 1 aromatic heterocycles. The zero-order valence-corrected chi connectivity index (χ0v) is 13.4. The number of likely N-dealkylation sites (tertiary alicyclic amines) is 1. The van der Waals surface area contributed by atoms with Crippen molar-refractivity contribution in [2.24, 2.45) is 0 Å². The zero-order chi connectivity index (χ0) is 15.7. The number of aliphatic hydroxyl groups is 1. The van der Waals surface area contributed by atoms with Crippen molar-refractivity contribution in [3.05, 3.63) is 47.3 Å². The highest BCUT2D eigenvalue weighted by Crippen LogP contribution is 2.24. The molecule has 0 saturated carbocycles. The molecule has 0 bridgehead atoms. The summed E-state index contributed by atoms with van der Waals surface area (Å²) in [7, 11) is 1.66. The Balaban J connectivity index is 1.90. The molecule has 0 radical (unpaired) electrons. The second kappa shape index (κ2) is 6.20. The summed E-state index contributed by atoms with van der Waals surface area (Å²) in [6, 6.07) is 6.29. The molecule has 1 N–H and O–H groups in total. The quantitative estimate of drug-likeness (QED) is 0.933. The molecule has 1 aliphatic rings. The van der Waals surface area contributed by atoms with Crippen LogP contribution in [-0.2, 0) is 11.3 Å². The van der Waals surface area contributed by atoms with E-state index in [0.717, 1.165) is 18.8 Å². The maximum Gasteiger partial charge on any atom is 0.0969 e. The molecule has 2 aromatic rings. The van der Waals surface area contributed by atoms with Crippen molar-refractivity contribution in [3.8, 4) is 5.69 Å². The number of ether oxygens (including phenoxy) is 1. The minimum Gasteiger partial charge on any atom is -0.389 e. The molecule has 5 heteroatoms. The van der Waals surface area contributed by atoms with E-state index in [-0.39, 0.29) is 6.10 Å². The van der Waals surface area contributed by atoms with Gasteiger partial charge >= 0.3 is 0 Å². The number of hydrogen-bond acceptors (Lipinski definition) is 4. The number of nitrogens with zero attached hydrogens (tertiary/aromatic N) is 3. The minimum atomic E-state index is -0.413. The maximum absolute atomic E-state index is 10.0. The summed E-state index contributed by atoms with van der Waals surface area (Å²) in [5.74, 6) is 0. The third-order valence-electron chi connectivity index (χ3n) is 4.34. The molecule has 1 saturated heterocycles. The summed E-state index contributed by atoms with van der Waals surface area (Å²) in [6.45, 7) is 6.42. The molecule has 118 valence electrons. The lowest BCUT2D eigenvalue weighted by atomic mass is 10.0. The standard InChI is InChI=1S/C17H23N3O2/c1-12-7-13(2)14(15(8-12)20-6-4-5-18-20)9-19-10-16(21)17(11-19)22-3/h4-8,16-17,21H,9-11H2,1-3H3/t16-,17-/m0/s1. The lowest BCUT2D eigenvalue weighted by molar-refractivity contribution is 0.0215. The van der Waals surface area contributed by atoms with Gasteiger partial charge in [-0.05, 0) is 42.7 Å². The Morgan fingerprint density at radius 3 is 2.77 bits per heavy atom. The molecule has 2 heterocycles. The SMILES string of the molecule is CO[C@H]1CN(Cc2c(C)cc(C)cc2-n2cccn2)C[C@@H]1O. The van der Waals surface area contributed by atoms with Gasteiger partial charge in [-0.3, -0.25) is 4.90 Å². The molecule has 2 atom stereocenters. The molecule has 0 spiro atoms. The van der Waals surface area contributed by atoms with Crippen LogP contribution in [0.1, 0.15) is 16.7 Å². The van der Waals surface area contributed by atoms with Gasteiger partial charge in [0.1, 0.15) is 0 Å². The topological polar surface area (TPSA) is 50.5 Å². The summed E-state index contributed by atoms with van der Waals surface area (Å²) < 4.78 is 7.25. The summed E-state index contributed by atoms with van der Waals surface area (Å²) in [4.78, 5) is 2.24. The van der Waals surface area contributed by atoms with E-state index in [9.17, 15) is 5.11 Å². The van der Waals surface area contributed by atoms with Gasteiger partial charge in [0.25, 0.3) is 0 Å². The molecule has 3 rings (SSSR count). The monoisotopic (exact) mass is 301 g/mol. The second-order valence-corrected chi connectivity index (χ2v) is 6.07. The van der Waals surface area contributed by atoms with E-state index in [1.165, 1.54) is 16.7 Å². The fourth-order valence-electron chi connectivity index (χ4n) is 3.21. The van der Waals surface area contributed by atoms with E-state index < -0.39 is 6.10 Å². The van der Waals surface area contributed by atoms with Crippen molar-refractivity contribution in [3.63, 3.8) is 0 Å². The first kappa shape index (κ1) is 15.2. The summed E-state index contributed by atoms with van der Waals surface area (Å²) in [5.41, 5.74) is 4.83. The van der Waals surface area contributed by atoms with E-state index in [4.69, 9.17) is 4.74 Å². The van der Waals surface area contributed by atoms with E-state index >= 15 is 0 Å². The van der Waals surface area contributed by atoms with Crippen LogP contribution in [0.4, 0.5) is 0 Å². The number of rotatable bonds is 4. The fraction of sp³-hybridized carbons (Fsp3) is 0.471. The number of benzene rings is 1. The van der Waals surface area contributed by atoms with E-state index in [2.05, 4.69) is 36.0 Å². The minimum absolute atomic E-state index is 0.0982. The van der Waals surface area contributed by atoms with Crippen molar-refractivity contribution in [1.29, 1.82) is 0 Å². The van der Waals surface area contributed by atoms with Crippen molar-refractivity contribution in [2.75, 3.05) is 20.2 Å². The van der Waals surface area contributed by atoms with Crippen LogP contribution in [0, 0.1) is 13.8 Å². The molecule has 0 aliphatic carbocycles. The molecule has 22 heavy (non-hydrogen) atoms. The normalized spacial score (nSPS) is 22.4. The highest BCUT2D eigenvalue weighted by molar-refractivity contribution is 5.48. The Labute approximate surface area is 131 Å². The first-order valence-electron chi connectivity index (χ1n) is 7.62. The Kier molecular flexibility index (Phi) is 4.29. The van der Waals surface area contributed by atoms with Crippen molar-refractivity contribution < 1.29 is 9.84 Å². The van der Waals surface area contributed by atoms with Gasteiger partial charge in [-0.2, -0.15) is 5.10 Å². The van der Waals surface area contributed by atoms with Gasteiger partial charge in [-0.25, -0.2) is 4.68 Å². The number of aryl methyl sites for hydroxylation is 2. The molecule has 5 nitrogen and oxygen atoms in total. The van der Waals surface area contributed by atoms with Crippen LogP contribution < -0.4 is 0 Å². The second-order valence-electron chi connectivity index (χ2n) is 6.07. The Hall–Kier alpha value is -1.69. The van der Waals surface area contributed by atoms with E-state index in [0.29, 0.717) is 6.54 Å². The molecule has 0 unspecified atom stereocenters. The Morgan fingerprint density at radius 2 is 2.14 bits per heavy atom. The highest BCUT2D eigenvalue weighted by atomic mass is 16.5. The zero-order valence-electron chi connectivity index (χ0n) is 13.4. The molecule has 1 aromatic carbocycles. The first-order valence-corrected chi connectivity index (χ1v) is 7.62. The van der Waals surface area contributed by atoms with Crippen molar-refractivity contribution in [2.45, 2.75) is 32.6 Å². The maximum atomic E-state index is 10.0. The van der Waals surface area contributed by atoms with Crippen LogP contribution in [0.2, 0.25) is 0 Å². The van der Waals surface area contributed by atoms with Crippen LogP contribution in [0.3, 0.4) is 0 Å². The van der Waals surface area contributed by atoms with Gasteiger partial charge in [0.15, 0.2) is 0 Å². The number of hydrogen-bond donors (Lipinski definition) is 1. The molecular weight excluding hydrogens is 278 g/mol. The van der Waals surface area contributed by atoms with Crippen molar-refractivity contribution in [1.82, 2.24) is 14.7 Å². The Morgan fingerprint density at radius 1 is 1.32 bits per heavy atom. The van der Waals surface area contributed by atoms with Gasteiger partial charge in [-0.15, -0.1) is 0 Å². The molecule has 1 aliphatic heterocycles. The summed E-state index contributed by atoms with van der Waals surface area (Å²) in [6.07, 6.45) is 3.25. The van der Waals surface area contributed by atoms with Crippen LogP contribution in [0.15, 0.2) is 30.6 Å². The predicted molar refractivity (Wildman–Crippen MR) is 85.1 cm³/mol. The number of aliphatic hydroxyl groups excluding tert-OH is 1. The smallest absolute Gasteiger partial charge is 0.0969 e. The van der Waals surface area contributed by atoms with Crippen LogP contribution in [0.5, 0.6) is 0 Å². The Bertz CT molecular complexity index is 640. The molecular formula is C17H23N3O2. The largest absolute Gasteiger partial charge is 0.389 e. The van der Waals surface area contributed by atoms with Gasteiger partial charge in [0.2, 0.25) is 0 Å². The summed E-state index contributed by atoms with van der Waals surface area (Å²) >= 11 is 0. The average molecular weight is 301 g/mol. The molecule has 0 amide bonds. The lowest BCUT2D eigenvalue weighted by Crippen LogP contribution is -2.25. The molecule has 1 fully saturated rings. The third-order valence-corrected chi connectivity index (χ3v) is 4.34. The first-order chi connectivity index (χ1) is 10.6. The van der Waals surface area contributed by atoms with Crippen LogP contribution in [0.25, 0.3) is 5.69 Å². The number of methoxy groups -OCH3 is 1. The lowest BCUT2D eigenvalue weighted by Gasteiger charge is -2.20. The highest BCUT2D eigenvalue weighted by Gasteiger charge is 2.31. The van der Waals surface area contributed by atoms with Gasteiger partial charge < -0.3 is 9.84 Å². The van der Waals surface area contributed by atoms with Crippen molar-refractivity contribution >= 4 is 0 Å². The van der Waals surface area contributed by atoms with Gasteiger partial charge in [0.05, 0.1) is 17.9 Å². The number of aromatic nitrogens is 2. The van der Waals surface area contributed by atoms with Gasteiger partial charge in [-0.1, -0.05) is 6.07 Å². The number of β-amino-alcohol motifs (C(OH)–C–C–N with tert-alkyl or cyclic N) is 1. The van der Waals surface area contributed by atoms with E-state index in [1.807, 2.05) is 16.9 Å².